The van der Waals surface area contributed by atoms with Crippen molar-refractivity contribution >= 4 is 34.1 Å². The van der Waals surface area contributed by atoms with Gasteiger partial charge >= 0.3 is 0 Å². The number of allylic oxidation sites excluding steroid dienone is 1. The van der Waals surface area contributed by atoms with Gasteiger partial charge in [-0.3, -0.25) is 4.79 Å². The van der Waals surface area contributed by atoms with E-state index in [0.717, 1.165) is 17.3 Å². The molecule has 0 spiro atoms. The summed E-state index contributed by atoms with van der Waals surface area (Å²) < 4.78 is 7.45. The van der Waals surface area contributed by atoms with E-state index in [1.165, 1.54) is 28.1 Å². The summed E-state index contributed by atoms with van der Waals surface area (Å²) in [6, 6.07) is 21.9. The van der Waals surface area contributed by atoms with Gasteiger partial charge in [-0.25, -0.2) is 0 Å². The molecule has 0 bridgehead atoms. The van der Waals surface area contributed by atoms with E-state index in [1.807, 2.05) is 54.0 Å². The van der Waals surface area contributed by atoms with Crippen molar-refractivity contribution in [2.75, 3.05) is 17.7 Å². The van der Waals surface area contributed by atoms with Gasteiger partial charge in [0.05, 0.1) is 12.4 Å². The number of hydrogen-bond donors (Lipinski definition) is 1. The second-order valence-electron chi connectivity index (χ2n) is 7.41. The molecule has 7 heteroatoms. The van der Waals surface area contributed by atoms with Gasteiger partial charge in [-0.1, -0.05) is 60.3 Å². The number of ether oxygens (including phenoxy) is 1. The lowest BCUT2D eigenvalue weighted by atomic mass is 10.0. The third kappa shape index (κ3) is 5.62. The van der Waals surface area contributed by atoms with Crippen molar-refractivity contribution < 1.29 is 9.53 Å². The maximum Gasteiger partial charge on any atom is 0.234 e. The molecule has 0 saturated carbocycles. The molecule has 0 saturated heterocycles. The lowest BCUT2D eigenvalue weighted by Gasteiger charge is -2.10. The first-order valence-corrected chi connectivity index (χ1v) is 11.8. The van der Waals surface area contributed by atoms with E-state index in [-0.39, 0.29) is 11.7 Å². The van der Waals surface area contributed by atoms with Crippen LogP contribution in [0.2, 0.25) is 0 Å². The number of fused-ring (bicyclic) bond motifs is 1. The lowest BCUT2D eigenvalue weighted by Crippen LogP contribution is -2.14. The van der Waals surface area contributed by atoms with Crippen molar-refractivity contribution in [1.82, 2.24) is 14.8 Å². The zero-order valence-electron chi connectivity index (χ0n) is 18.5. The summed E-state index contributed by atoms with van der Waals surface area (Å²) in [4.78, 5) is 12.5. The Morgan fingerprint density at radius 3 is 2.67 bits per heavy atom. The second kappa shape index (κ2) is 10.8. The monoisotopic (exact) mass is 458 g/mol. The Labute approximate surface area is 197 Å². The number of nitrogens with zero attached hydrogens (tertiary/aromatic N) is 3. The Morgan fingerprint density at radius 1 is 1.09 bits per heavy atom. The molecule has 1 heterocycles. The zero-order valence-corrected chi connectivity index (χ0v) is 19.3. The summed E-state index contributed by atoms with van der Waals surface area (Å²) in [6.45, 7) is 6.99. The molecule has 1 N–H and O–H groups in total. The van der Waals surface area contributed by atoms with Crippen LogP contribution in [0.15, 0.2) is 84.5 Å². The molecule has 0 fully saturated rings. The van der Waals surface area contributed by atoms with E-state index in [4.69, 9.17) is 4.74 Å². The topological polar surface area (TPSA) is 69.0 Å². The molecular weight excluding hydrogens is 432 g/mol. The van der Waals surface area contributed by atoms with Crippen molar-refractivity contribution in [2.45, 2.75) is 25.0 Å². The Bertz CT molecular complexity index is 1250. The molecule has 0 aliphatic heterocycles. The van der Waals surface area contributed by atoms with E-state index in [9.17, 15) is 4.79 Å². The highest BCUT2D eigenvalue weighted by molar-refractivity contribution is 7.99. The molecule has 1 aromatic heterocycles. The van der Waals surface area contributed by atoms with Gasteiger partial charge in [0, 0.05) is 18.7 Å². The third-order valence-corrected chi connectivity index (χ3v) is 6.08. The Balaban J connectivity index is 1.44. The van der Waals surface area contributed by atoms with Gasteiger partial charge < -0.3 is 14.6 Å². The molecule has 3 aromatic carbocycles. The van der Waals surface area contributed by atoms with Gasteiger partial charge in [-0.05, 0) is 47.5 Å². The van der Waals surface area contributed by atoms with Crippen LogP contribution in [-0.4, -0.2) is 33.0 Å². The highest BCUT2D eigenvalue weighted by atomic mass is 32.2. The van der Waals surface area contributed by atoms with Crippen LogP contribution in [0.1, 0.15) is 18.3 Å². The number of carbonyl (C=O) groups excluding carboxylic acids is 1. The maximum atomic E-state index is 12.5. The molecule has 0 unspecified atom stereocenters. The number of thioether (sulfide) groups is 1. The van der Waals surface area contributed by atoms with Crippen LogP contribution in [0, 0.1) is 0 Å². The quantitative estimate of drug-likeness (QED) is 0.257. The van der Waals surface area contributed by atoms with Crippen LogP contribution in [0.25, 0.3) is 10.8 Å². The number of nitrogens with one attached hydrogen (secondary N) is 1. The minimum atomic E-state index is -0.104. The minimum absolute atomic E-state index is 0.104. The average molecular weight is 459 g/mol. The third-order valence-electron chi connectivity index (χ3n) is 5.12. The number of carbonyl (C=O) groups is 1. The highest BCUT2D eigenvalue weighted by Crippen LogP contribution is 2.24. The van der Waals surface area contributed by atoms with Crippen molar-refractivity contribution in [1.29, 1.82) is 0 Å². The number of aromatic nitrogens is 3. The largest absolute Gasteiger partial charge is 0.494 e. The van der Waals surface area contributed by atoms with Crippen LogP contribution >= 0.6 is 11.8 Å². The van der Waals surface area contributed by atoms with Crippen molar-refractivity contribution in [3.8, 4) is 5.75 Å². The first-order valence-electron chi connectivity index (χ1n) is 10.8. The van der Waals surface area contributed by atoms with Gasteiger partial charge in [0.1, 0.15) is 11.6 Å². The van der Waals surface area contributed by atoms with Crippen LogP contribution in [-0.2, 0) is 17.8 Å². The average Bonchev–Trinajstić information content (AvgIpc) is 3.21. The molecule has 0 aliphatic carbocycles. The fourth-order valence-corrected chi connectivity index (χ4v) is 4.38. The Hall–Kier alpha value is -3.58. The number of anilines is 1. The zero-order chi connectivity index (χ0) is 23.0. The smallest absolute Gasteiger partial charge is 0.234 e. The minimum Gasteiger partial charge on any atom is -0.494 e. The van der Waals surface area contributed by atoms with Crippen molar-refractivity contribution in [3.05, 3.63) is 90.8 Å². The van der Waals surface area contributed by atoms with E-state index in [1.54, 1.807) is 0 Å². The first-order chi connectivity index (χ1) is 16.2. The number of rotatable bonds is 10. The van der Waals surface area contributed by atoms with Gasteiger partial charge in [0.2, 0.25) is 5.91 Å². The van der Waals surface area contributed by atoms with Crippen LogP contribution in [0.3, 0.4) is 0 Å². The predicted molar refractivity (Wildman–Crippen MR) is 134 cm³/mol. The summed E-state index contributed by atoms with van der Waals surface area (Å²) in [5, 5.41) is 14.8. The molecule has 33 heavy (non-hydrogen) atoms. The molecule has 4 aromatic rings. The summed E-state index contributed by atoms with van der Waals surface area (Å²) in [5.41, 5.74) is 1.92. The number of amides is 1. The Morgan fingerprint density at radius 2 is 1.88 bits per heavy atom. The van der Waals surface area contributed by atoms with Crippen molar-refractivity contribution in [2.24, 2.45) is 0 Å². The van der Waals surface area contributed by atoms with E-state index in [2.05, 4.69) is 52.4 Å². The first kappa shape index (κ1) is 22.6. The van der Waals surface area contributed by atoms with Crippen LogP contribution in [0.4, 0.5) is 5.69 Å². The number of benzene rings is 3. The van der Waals surface area contributed by atoms with Gasteiger partial charge in [-0.2, -0.15) is 0 Å². The molecule has 0 radical (unpaired) electrons. The van der Waals surface area contributed by atoms with Crippen LogP contribution in [0.5, 0.6) is 5.75 Å². The standard InChI is InChI=1S/C26H26N4O2S/c1-3-16-30-24(17-20-10-7-9-19-8-5-6-11-23(19)20)28-29-26(30)33-18-25(31)27-21-12-14-22(15-13-21)32-4-2/h3,5-15H,1,4,16-18H2,2H3,(H,27,31). The summed E-state index contributed by atoms with van der Waals surface area (Å²) in [7, 11) is 0. The molecule has 0 aliphatic rings. The van der Waals surface area contributed by atoms with E-state index < -0.39 is 0 Å². The lowest BCUT2D eigenvalue weighted by molar-refractivity contribution is -0.113. The highest BCUT2D eigenvalue weighted by Gasteiger charge is 2.15. The van der Waals surface area contributed by atoms with Gasteiger partial charge in [-0.15, -0.1) is 16.8 Å². The number of hydrogen-bond acceptors (Lipinski definition) is 5. The fourth-order valence-electron chi connectivity index (χ4n) is 3.61. The Kier molecular flexibility index (Phi) is 7.42. The predicted octanol–water partition coefficient (Wildman–Crippen LogP) is 5.34. The maximum absolute atomic E-state index is 12.5. The molecule has 0 atom stereocenters. The van der Waals surface area contributed by atoms with Gasteiger partial charge in [0.25, 0.3) is 0 Å². The molecule has 4 rings (SSSR count). The SMILES string of the molecule is C=CCn1c(Cc2cccc3ccccc23)nnc1SCC(=O)Nc1ccc(OCC)cc1. The second-order valence-corrected chi connectivity index (χ2v) is 8.35. The summed E-state index contributed by atoms with van der Waals surface area (Å²) >= 11 is 1.37. The van der Waals surface area contributed by atoms with E-state index in [0.29, 0.717) is 24.7 Å². The van der Waals surface area contributed by atoms with E-state index >= 15 is 0 Å². The van der Waals surface area contributed by atoms with Crippen LogP contribution < -0.4 is 10.1 Å². The summed E-state index contributed by atoms with van der Waals surface area (Å²) in [6.07, 6.45) is 2.47. The molecular formula is C26H26N4O2S. The fraction of sp³-hybridized carbons (Fsp3) is 0.192. The normalized spacial score (nSPS) is 10.8. The summed E-state index contributed by atoms with van der Waals surface area (Å²) in [5.74, 6) is 1.76. The van der Waals surface area contributed by atoms with Crippen molar-refractivity contribution in [3.63, 3.8) is 0 Å². The van der Waals surface area contributed by atoms with Gasteiger partial charge in [0.15, 0.2) is 5.16 Å². The molecule has 6 nitrogen and oxygen atoms in total. The molecule has 1 amide bonds. The molecule has 168 valence electrons.